The van der Waals surface area contributed by atoms with Crippen molar-refractivity contribution >= 4 is 7.32 Å². The van der Waals surface area contributed by atoms with Crippen LogP contribution in [-0.2, 0) is 4.65 Å². The maximum atomic E-state index is 8.48. The molecule has 0 aliphatic carbocycles. The molecule has 6 nitrogen and oxygen atoms in total. The third-order valence-corrected chi connectivity index (χ3v) is 1.27. The van der Waals surface area contributed by atoms with Crippen molar-refractivity contribution in [2.45, 2.75) is 0 Å². The molecule has 0 saturated heterocycles. The highest BCUT2D eigenvalue weighted by atomic mass is 16.6. The van der Waals surface area contributed by atoms with E-state index in [1.807, 2.05) is 0 Å². The average Bonchev–Trinajstić information content (AvgIpc) is 2.11. The van der Waals surface area contributed by atoms with E-state index in [1.54, 1.807) is 18.2 Å². The van der Waals surface area contributed by atoms with Crippen molar-refractivity contribution < 1.29 is 14.7 Å². The Hall–Kier alpha value is -1.59. The smallest absolute Gasteiger partial charge is 0.402 e. The molecule has 0 aliphatic heterocycles. The molecule has 0 bridgehead atoms. The molecular weight excluding hydrogens is 173 g/mol. The molecule has 0 saturated carbocycles. The van der Waals surface area contributed by atoms with Crippen molar-refractivity contribution in [1.29, 1.82) is 15.8 Å². The fourth-order valence-corrected chi connectivity index (χ4v) is 0.607. The SMILES string of the molecule is N#CC(C#N)C(C#N)COB(O)O. The van der Waals surface area contributed by atoms with E-state index in [1.165, 1.54) is 0 Å². The van der Waals surface area contributed by atoms with E-state index in [0.29, 0.717) is 0 Å². The van der Waals surface area contributed by atoms with Crippen molar-refractivity contribution in [2.24, 2.45) is 11.8 Å². The highest BCUT2D eigenvalue weighted by Crippen LogP contribution is 2.09. The first-order valence-electron chi connectivity index (χ1n) is 3.32. The van der Waals surface area contributed by atoms with Crippen LogP contribution in [0.5, 0.6) is 0 Å². The molecule has 1 unspecified atom stereocenters. The lowest BCUT2D eigenvalue weighted by Crippen LogP contribution is -2.24. The fraction of sp³-hybridized carbons (Fsp3) is 0.500. The van der Waals surface area contributed by atoms with Crippen LogP contribution < -0.4 is 0 Å². The van der Waals surface area contributed by atoms with Gasteiger partial charge in [-0.2, -0.15) is 15.8 Å². The van der Waals surface area contributed by atoms with E-state index in [0.717, 1.165) is 0 Å². The molecule has 13 heavy (non-hydrogen) atoms. The summed E-state index contributed by atoms with van der Waals surface area (Å²) in [5.41, 5.74) is 0. The van der Waals surface area contributed by atoms with E-state index in [9.17, 15) is 0 Å². The molecular formula is C6H6BN3O3. The molecule has 0 rings (SSSR count). The zero-order valence-electron chi connectivity index (χ0n) is 6.58. The van der Waals surface area contributed by atoms with Gasteiger partial charge in [-0.15, -0.1) is 0 Å². The van der Waals surface area contributed by atoms with Crippen molar-refractivity contribution in [3.8, 4) is 18.2 Å². The first kappa shape index (κ1) is 11.4. The van der Waals surface area contributed by atoms with E-state index >= 15 is 0 Å². The van der Waals surface area contributed by atoms with Crippen molar-refractivity contribution in [3.63, 3.8) is 0 Å². The summed E-state index contributed by atoms with van der Waals surface area (Å²) in [5.74, 6) is -2.10. The van der Waals surface area contributed by atoms with Crippen LogP contribution in [0.4, 0.5) is 0 Å². The molecule has 0 amide bonds. The second kappa shape index (κ2) is 5.99. The molecule has 0 aromatic rings. The first-order valence-corrected chi connectivity index (χ1v) is 3.32. The lowest BCUT2D eigenvalue weighted by atomic mass is 9.97. The molecule has 0 aromatic heterocycles. The van der Waals surface area contributed by atoms with Crippen LogP contribution in [0.25, 0.3) is 0 Å². The lowest BCUT2D eigenvalue weighted by molar-refractivity contribution is 0.164. The van der Waals surface area contributed by atoms with Gasteiger partial charge in [-0.05, 0) is 0 Å². The molecule has 7 heteroatoms. The zero-order valence-corrected chi connectivity index (χ0v) is 6.58. The van der Waals surface area contributed by atoms with Crippen LogP contribution in [0.2, 0.25) is 0 Å². The van der Waals surface area contributed by atoms with Crippen LogP contribution in [0.3, 0.4) is 0 Å². The zero-order chi connectivity index (χ0) is 10.3. The monoisotopic (exact) mass is 179 g/mol. The van der Waals surface area contributed by atoms with Crippen LogP contribution >= 0.6 is 0 Å². The summed E-state index contributed by atoms with van der Waals surface area (Å²) in [7, 11) is -1.99. The summed E-state index contributed by atoms with van der Waals surface area (Å²) in [5, 5.41) is 41.8. The Morgan fingerprint density at radius 3 is 2.00 bits per heavy atom. The molecule has 0 aromatic carbocycles. The van der Waals surface area contributed by atoms with Gasteiger partial charge in [0.25, 0.3) is 0 Å². The predicted molar refractivity (Wildman–Crippen MR) is 40.0 cm³/mol. The quantitative estimate of drug-likeness (QED) is 0.521. The highest BCUT2D eigenvalue weighted by molar-refractivity contribution is 6.32. The van der Waals surface area contributed by atoms with Crippen LogP contribution in [-0.4, -0.2) is 24.0 Å². The van der Waals surface area contributed by atoms with Gasteiger partial charge in [-0.3, -0.25) is 0 Å². The normalized spacial score (nSPS) is 11.1. The van der Waals surface area contributed by atoms with Gasteiger partial charge in [0.05, 0.1) is 30.7 Å². The van der Waals surface area contributed by atoms with Gasteiger partial charge in [0, 0.05) is 0 Å². The van der Waals surface area contributed by atoms with Crippen molar-refractivity contribution in [1.82, 2.24) is 0 Å². The van der Waals surface area contributed by atoms with Crippen molar-refractivity contribution in [2.75, 3.05) is 6.61 Å². The van der Waals surface area contributed by atoms with Gasteiger partial charge in [0.15, 0.2) is 5.92 Å². The predicted octanol–water partition coefficient (Wildman–Crippen LogP) is -1.22. The van der Waals surface area contributed by atoms with Gasteiger partial charge < -0.3 is 14.7 Å². The Morgan fingerprint density at radius 1 is 1.15 bits per heavy atom. The van der Waals surface area contributed by atoms with Crippen LogP contribution in [0, 0.1) is 45.8 Å². The summed E-state index contributed by atoms with van der Waals surface area (Å²) < 4.78 is 4.27. The number of rotatable bonds is 4. The Balaban J connectivity index is 4.15. The second-order valence-corrected chi connectivity index (χ2v) is 2.13. The molecule has 2 N–H and O–H groups in total. The Morgan fingerprint density at radius 2 is 1.69 bits per heavy atom. The first-order chi connectivity index (χ1) is 6.15. The minimum Gasteiger partial charge on any atom is -0.402 e. The van der Waals surface area contributed by atoms with Gasteiger partial charge in [-0.1, -0.05) is 0 Å². The van der Waals surface area contributed by atoms with E-state index < -0.39 is 19.2 Å². The minimum absolute atomic E-state index is 0.361. The van der Waals surface area contributed by atoms with E-state index in [4.69, 9.17) is 25.8 Å². The van der Waals surface area contributed by atoms with Gasteiger partial charge in [0.2, 0.25) is 0 Å². The third kappa shape index (κ3) is 4.10. The summed E-state index contributed by atoms with van der Waals surface area (Å²) in [6, 6.07) is 4.87. The Kier molecular flexibility index (Phi) is 5.26. The number of hydrogen-bond acceptors (Lipinski definition) is 6. The Labute approximate surface area is 75.4 Å². The molecule has 0 heterocycles. The molecule has 0 aliphatic rings. The lowest BCUT2D eigenvalue weighted by Gasteiger charge is -2.08. The average molecular weight is 179 g/mol. The summed E-state index contributed by atoms with van der Waals surface area (Å²) in [6.07, 6.45) is 0. The number of hydrogen-bond donors (Lipinski definition) is 2. The van der Waals surface area contributed by atoms with Crippen LogP contribution in [0.1, 0.15) is 0 Å². The summed E-state index contributed by atoms with van der Waals surface area (Å²) >= 11 is 0. The topological polar surface area (TPSA) is 121 Å². The van der Waals surface area contributed by atoms with Gasteiger partial charge in [-0.25, -0.2) is 0 Å². The molecule has 1 atom stereocenters. The molecule has 0 fully saturated rings. The molecule has 66 valence electrons. The maximum Gasteiger partial charge on any atom is 0.633 e. The minimum atomic E-state index is -1.99. The Bertz CT molecular complexity index is 260. The van der Waals surface area contributed by atoms with Gasteiger partial charge in [0.1, 0.15) is 0 Å². The summed E-state index contributed by atoms with van der Waals surface area (Å²) in [4.78, 5) is 0. The largest absolute Gasteiger partial charge is 0.633 e. The molecule has 0 radical (unpaired) electrons. The maximum absolute atomic E-state index is 8.48. The van der Waals surface area contributed by atoms with Gasteiger partial charge >= 0.3 is 7.32 Å². The fourth-order valence-electron chi connectivity index (χ4n) is 0.607. The standard InChI is InChI=1S/C6H6BN3O3/c8-1-5(2-9)6(3-10)4-13-7(11)12/h5-6,11-12H,4H2. The highest BCUT2D eigenvalue weighted by Gasteiger charge is 2.23. The number of nitrogens with zero attached hydrogens (tertiary/aromatic N) is 3. The van der Waals surface area contributed by atoms with E-state index in [2.05, 4.69) is 4.65 Å². The van der Waals surface area contributed by atoms with Crippen LogP contribution in [0.15, 0.2) is 0 Å². The van der Waals surface area contributed by atoms with Crippen molar-refractivity contribution in [3.05, 3.63) is 0 Å². The number of nitriles is 3. The second-order valence-electron chi connectivity index (χ2n) is 2.13. The molecule has 0 spiro atoms. The van der Waals surface area contributed by atoms with E-state index in [-0.39, 0.29) is 6.61 Å². The third-order valence-electron chi connectivity index (χ3n) is 1.27. The summed E-state index contributed by atoms with van der Waals surface area (Å²) in [6.45, 7) is -0.361.